The van der Waals surface area contributed by atoms with E-state index in [4.69, 9.17) is 5.26 Å². The van der Waals surface area contributed by atoms with Crippen LogP contribution in [-0.2, 0) is 0 Å². The van der Waals surface area contributed by atoms with Crippen molar-refractivity contribution in [2.45, 2.75) is 32.7 Å². The van der Waals surface area contributed by atoms with Gasteiger partial charge in [-0.1, -0.05) is 19.9 Å². The zero-order valence-electron chi connectivity index (χ0n) is 11.5. The van der Waals surface area contributed by atoms with Crippen molar-refractivity contribution in [3.63, 3.8) is 0 Å². The Morgan fingerprint density at radius 1 is 1.53 bits per heavy atom. The molecule has 0 bridgehead atoms. The summed E-state index contributed by atoms with van der Waals surface area (Å²) in [4.78, 5) is 0. The Labute approximate surface area is 113 Å². The van der Waals surface area contributed by atoms with E-state index in [9.17, 15) is 4.39 Å². The van der Waals surface area contributed by atoms with Gasteiger partial charge in [0.1, 0.15) is 17.4 Å². The fourth-order valence-corrected chi connectivity index (χ4v) is 2.62. The number of hydrogen-bond donors (Lipinski definition) is 2. The molecule has 0 amide bonds. The molecular weight excluding hydrogens is 241 g/mol. The molecule has 1 saturated heterocycles. The van der Waals surface area contributed by atoms with Crippen LogP contribution in [0, 0.1) is 22.6 Å². The van der Waals surface area contributed by atoms with Crippen LogP contribution < -0.4 is 10.6 Å². The Morgan fingerprint density at radius 2 is 2.32 bits per heavy atom. The lowest BCUT2D eigenvalue weighted by molar-refractivity contribution is 0.188. The molecule has 0 aromatic heterocycles. The number of benzene rings is 1. The third-order valence-electron chi connectivity index (χ3n) is 3.95. The second-order valence-electron chi connectivity index (χ2n) is 5.75. The van der Waals surface area contributed by atoms with E-state index in [0.29, 0.717) is 18.3 Å². The van der Waals surface area contributed by atoms with Crippen molar-refractivity contribution < 1.29 is 4.39 Å². The number of piperidine rings is 1. The van der Waals surface area contributed by atoms with Crippen molar-refractivity contribution in [2.75, 3.05) is 18.4 Å². The van der Waals surface area contributed by atoms with Crippen LogP contribution in [0.5, 0.6) is 0 Å². The predicted octanol–water partition coefficient (Wildman–Crippen LogP) is 2.89. The highest BCUT2D eigenvalue weighted by molar-refractivity contribution is 5.58. The van der Waals surface area contributed by atoms with Gasteiger partial charge < -0.3 is 10.6 Å². The van der Waals surface area contributed by atoms with E-state index in [-0.39, 0.29) is 11.0 Å². The van der Waals surface area contributed by atoms with E-state index in [2.05, 4.69) is 24.5 Å². The predicted molar refractivity (Wildman–Crippen MR) is 74.4 cm³/mol. The van der Waals surface area contributed by atoms with E-state index in [1.165, 1.54) is 18.9 Å². The van der Waals surface area contributed by atoms with Gasteiger partial charge in [0.25, 0.3) is 0 Å². The van der Waals surface area contributed by atoms with Crippen molar-refractivity contribution in [1.29, 1.82) is 5.26 Å². The smallest absolute Gasteiger partial charge is 0.143 e. The van der Waals surface area contributed by atoms with Crippen molar-refractivity contribution in [3.05, 3.63) is 29.6 Å². The lowest BCUT2D eigenvalue weighted by Gasteiger charge is -2.39. The standard InChI is InChI=1S/C15H20FN3/c1-15(2)7-4-8-18-14(15)10-19-13-6-3-5-12(16)11(13)9-17/h3,5-6,14,18-19H,4,7-8,10H2,1-2H3. The molecule has 1 aromatic carbocycles. The number of nitriles is 1. The van der Waals surface area contributed by atoms with Crippen molar-refractivity contribution >= 4 is 5.69 Å². The molecule has 19 heavy (non-hydrogen) atoms. The highest BCUT2D eigenvalue weighted by Gasteiger charge is 2.31. The first-order valence-corrected chi connectivity index (χ1v) is 6.70. The van der Waals surface area contributed by atoms with Crippen LogP contribution in [0.15, 0.2) is 18.2 Å². The molecule has 4 heteroatoms. The second-order valence-corrected chi connectivity index (χ2v) is 5.75. The van der Waals surface area contributed by atoms with E-state index < -0.39 is 5.82 Å². The van der Waals surface area contributed by atoms with Crippen LogP contribution in [0.3, 0.4) is 0 Å². The first-order valence-electron chi connectivity index (χ1n) is 6.70. The number of nitrogens with one attached hydrogen (secondary N) is 2. The van der Waals surface area contributed by atoms with Crippen LogP contribution >= 0.6 is 0 Å². The molecule has 0 aliphatic carbocycles. The summed E-state index contributed by atoms with van der Waals surface area (Å²) in [6.45, 7) is 6.19. The van der Waals surface area contributed by atoms with Gasteiger partial charge in [0.15, 0.2) is 0 Å². The van der Waals surface area contributed by atoms with Gasteiger partial charge in [-0.05, 0) is 36.9 Å². The SMILES string of the molecule is CC1(C)CCCNC1CNc1cccc(F)c1C#N. The highest BCUT2D eigenvalue weighted by atomic mass is 19.1. The van der Waals surface area contributed by atoms with Crippen LogP contribution in [0.1, 0.15) is 32.3 Å². The van der Waals surface area contributed by atoms with Gasteiger partial charge in [-0.3, -0.25) is 0 Å². The quantitative estimate of drug-likeness (QED) is 0.879. The molecule has 1 aromatic rings. The van der Waals surface area contributed by atoms with E-state index in [0.717, 1.165) is 6.54 Å². The van der Waals surface area contributed by atoms with E-state index in [1.807, 2.05) is 6.07 Å². The maximum Gasteiger partial charge on any atom is 0.143 e. The molecule has 1 fully saturated rings. The molecule has 2 rings (SSSR count). The minimum Gasteiger partial charge on any atom is -0.382 e. The minimum absolute atomic E-state index is 0.0936. The number of rotatable bonds is 3. The summed E-state index contributed by atoms with van der Waals surface area (Å²) < 4.78 is 13.5. The number of nitrogens with zero attached hydrogens (tertiary/aromatic N) is 1. The molecular formula is C15H20FN3. The van der Waals surface area contributed by atoms with Gasteiger partial charge in [-0.25, -0.2) is 4.39 Å². The van der Waals surface area contributed by atoms with Crippen molar-refractivity contribution in [3.8, 4) is 6.07 Å². The molecule has 0 spiro atoms. The maximum absolute atomic E-state index is 13.5. The number of halogens is 1. The van der Waals surface area contributed by atoms with E-state index in [1.54, 1.807) is 12.1 Å². The molecule has 1 heterocycles. The monoisotopic (exact) mass is 261 g/mol. The van der Waals surface area contributed by atoms with Crippen molar-refractivity contribution in [2.24, 2.45) is 5.41 Å². The van der Waals surface area contributed by atoms with Crippen molar-refractivity contribution in [1.82, 2.24) is 5.32 Å². The van der Waals surface area contributed by atoms with Gasteiger partial charge in [0, 0.05) is 12.6 Å². The Kier molecular flexibility index (Phi) is 4.06. The summed E-state index contributed by atoms with van der Waals surface area (Å²) in [6.07, 6.45) is 2.37. The van der Waals surface area contributed by atoms with E-state index >= 15 is 0 Å². The average molecular weight is 261 g/mol. The van der Waals surface area contributed by atoms with Crippen LogP contribution in [-0.4, -0.2) is 19.1 Å². The fraction of sp³-hybridized carbons (Fsp3) is 0.533. The molecule has 102 valence electrons. The number of anilines is 1. The topological polar surface area (TPSA) is 47.8 Å². The normalized spacial score (nSPS) is 21.7. The third kappa shape index (κ3) is 3.05. The molecule has 1 aliphatic heterocycles. The summed E-state index contributed by atoms with van der Waals surface area (Å²) in [5.41, 5.74) is 0.882. The van der Waals surface area contributed by atoms with Gasteiger partial charge in [0.2, 0.25) is 0 Å². The Balaban J connectivity index is 2.07. The lowest BCUT2D eigenvalue weighted by atomic mass is 9.77. The first-order chi connectivity index (χ1) is 9.04. The molecule has 0 radical (unpaired) electrons. The largest absolute Gasteiger partial charge is 0.382 e. The molecule has 1 unspecified atom stereocenters. The fourth-order valence-electron chi connectivity index (χ4n) is 2.62. The Morgan fingerprint density at radius 3 is 3.00 bits per heavy atom. The molecule has 2 N–H and O–H groups in total. The summed E-state index contributed by atoms with van der Waals surface area (Å²) >= 11 is 0. The molecule has 3 nitrogen and oxygen atoms in total. The summed E-state index contributed by atoms with van der Waals surface area (Å²) in [5, 5.41) is 15.7. The minimum atomic E-state index is -0.469. The number of hydrogen-bond acceptors (Lipinski definition) is 3. The van der Waals surface area contributed by atoms with Gasteiger partial charge in [0.05, 0.1) is 5.69 Å². The second kappa shape index (κ2) is 5.58. The Hall–Kier alpha value is -1.60. The van der Waals surface area contributed by atoms with Crippen LogP contribution in [0.2, 0.25) is 0 Å². The average Bonchev–Trinajstić information content (AvgIpc) is 2.37. The highest BCUT2D eigenvalue weighted by Crippen LogP contribution is 2.30. The van der Waals surface area contributed by atoms with Gasteiger partial charge in [-0.2, -0.15) is 5.26 Å². The molecule has 0 saturated carbocycles. The zero-order valence-corrected chi connectivity index (χ0v) is 11.5. The van der Waals surface area contributed by atoms with Gasteiger partial charge >= 0.3 is 0 Å². The lowest BCUT2D eigenvalue weighted by Crippen LogP contribution is -2.50. The summed E-state index contributed by atoms with van der Waals surface area (Å²) in [6, 6.07) is 6.93. The van der Waals surface area contributed by atoms with Crippen LogP contribution in [0.4, 0.5) is 10.1 Å². The Bertz CT molecular complexity index is 491. The first kappa shape index (κ1) is 13.8. The maximum atomic E-state index is 13.5. The summed E-state index contributed by atoms with van der Waals surface area (Å²) in [7, 11) is 0. The molecule has 1 atom stereocenters. The summed E-state index contributed by atoms with van der Waals surface area (Å²) in [5.74, 6) is -0.469. The molecule has 1 aliphatic rings. The van der Waals surface area contributed by atoms with Gasteiger partial charge in [-0.15, -0.1) is 0 Å². The third-order valence-corrected chi connectivity index (χ3v) is 3.95. The van der Waals surface area contributed by atoms with Crippen LogP contribution in [0.25, 0.3) is 0 Å². The zero-order chi connectivity index (χ0) is 13.9.